The van der Waals surface area contributed by atoms with Gasteiger partial charge >= 0.3 is 49.4 Å². The summed E-state index contributed by atoms with van der Waals surface area (Å²) in [7, 11) is 0.628. The summed E-state index contributed by atoms with van der Waals surface area (Å²) in [6, 6.07) is 11.6. The molecule has 0 fully saturated rings. The standard InChI is InChI=1S/C8H11N.C7H9NO.CH3.2HI.V/c1-3-8-6-4-5-7(2)9-8;1-6-4-3-5-7(2)8(6)9;;;;/h4-6H,3H2,1-2H3;3-5H,1-2H3;1H3;2*1H;/q;;-1;;;+2/p-2. The van der Waals surface area contributed by atoms with Gasteiger partial charge in [0, 0.05) is 37.4 Å². The molecule has 0 spiro atoms. The van der Waals surface area contributed by atoms with Crippen molar-refractivity contribution in [2.45, 2.75) is 34.1 Å². The van der Waals surface area contributed by atoms with E-state index in [1.165, 1.54) is 5.69 Å². The zero-order valence-electron chi connectivity index (χ0n) is 13.7. The van der Waals surface area contributed by atoms with Crippen LogP contribution in [0.1, 0.15) is 29.7 Å². The fraction of sp³-hybridized carbons (Fsp3) is 0.312. The van der Waals surface area contributed by atoms with Crippen LogP contribution in [0.25, 0.3) is 0 Å². The molecule has 22 heavy (non-hydrogen) atoms. The summed E-state index contributed by atoms with van der Waals surface area (Å²) in [6.45, 7) is 7.71. The molecule has 2 heterocycles. The van der Waals surface area contributed by atoms with E-state index < -0.39 is 0 Å². The van der Waals surface area contributed by atoms with Gasteiger partial charge in [-0.25, -0.2) is 0 Å². The molecule has 0 radical (unpaired) electrons. The zero-order chi connectivity index (χ0) is 16.3. The molecule has 0 aromatic carbocycles. The Hall–Kier alpha value is 0.144. The average molecular weight is 564 g/mol. The van der Waals surface area contributed by atoms with E-state index in [-0.39, 0.29) is 7.43 Å². The quantitative estimate of drug-likeness (QED) is 0.209. The molecule has 0 saturated heterocycles. The molecule has 0 N–H and O–H groups in total. The van der Waals surface area contributed by atoms with Gasteiger partial charge in [-0.05, 0) is 31.5 Å². The van der Waals surface area contributed by atoms with Crippen molar-refractivity contribution in [3.63, 3.8) is 0 Å². The van der Waals surface area contributed by atoms with Crippen LogP contribution in [0.2, 0.25) is 0 Å². The third-order valence-electron chi connectivity index (χ3n) is 2.62. The van der Waals surface area contributed by atoms with Crippen LogP contribution in [0.5, 0.6) is 0 Å². The Balaban J connectivity index is 0. The Morgan fingerprint density at radius 2 is 1.50 bits per heavy atom. The van der Waals surface area contributed by atoms with Crippen molar-refractivity contribution in [1.82, 2.24) is 4.98 Å². The van der Waals surface area contributed by atoms with E-state index in [9.17, 15) is 5.21 Å². The molecule has 0 aliphatic heterocycles. The summed E-state index contributed by atoms with van der Waals surface area (Å²) in [6.07, 6.45) is 1.03. The van der Waals surface area contributed by atoms with Crippen molar-refractivity contribution in [3.8, 4) is 0 Å². The van der Waals surface area contributed by atoms with E-state index in [1.54, 1.807) is 26.0 Å². The van der Waals surface area contributed by atoms with Crippen LogP contribution in [-0.4, -0.2) is 4.98 Å². The number of rotatable bonds is 1. The van der Waals surface area contributed by atoms with Gasteiger partial charge in [-0.3, -0.25) is 4.98 Å². The molecular weight excluding hydrogens is 541 g/mol. The Kier molecular flexibility index (Phi) is 16.3. The molecule has 0 bridgehead atoms. The number of pyridine rings is 2. The topological polar surface area (TPSA) is 39.8 Å². The Morgan fingerprint density at radius 3 is 1.82 bits per heavy atom. The molecule has 0 atom stereocenters. The van der Waals surface area contributed by atoms with E-state index in [2.05, 4.69) is 51.9 Å². The van der Waals surface area contributed by atoms with Crippen LogP contribution >= 0.6 is 40.0 Å². The summed E-state index contributed by atoms with van der Waals surface area (Å²) < 4.78 is 0.917. The third kappa shape index (κ3) is 10.8. The molecule has 0 saturated carbocycles. The molecule has 0 aliphatic carbocycles. The zero-order valence-corrected chi connectivity index (χ0v) is 19.4. The maximum absolute atomic E-state index is 10.9. The van der Waals surface area contributed by atoms with Crippen LogP contribution < -0.4 is 4.73 Å². The fourth-order valence-electron chi connectivity index (χ4n) is 1.54. The molecule has 0 aliphatic rings. The van der Waals surface area contributed by atoms with Gasteiger partial charge < -0.3 is 12.6 Å². The van der Waals surface area contributed by atoms with Gasteiger partial charge in [0.1, 0.15) is 0 Å². The van der Waals surface area contributed by atoms with Crippen molar-refractivity contribution in [3.05, 3.63) is 71.8 Å². The van der Waals surface area contributed by atoms with E-state index in [4.69, 9.17) is 0 Å². The summed E-state index contributed by atoms with van der Waals surface area (Å²) in [4.78, 5) is 4.29. The normalized spacial score (nSPS) is 8.45. The number of hydrogen-bond donors (Lipinski definition) is 0. The van der Waals surface area contributed by atoms with E-state index in [0.29, 0.717) is 9.47 Å². The number of hydrogen-bond acceptors (Lipinski definition) is 2. The third-order valence-corrected chi connectivity index (χ3v) is 2.62. The summed E-state index contributed by atoms with van der Waals surface area (Å²) in [5.74, 6) is 0. The molecular formula is C16H23I2N2OV-. The molecule has 0 amide bonds. The van der Waals surface area contributed by atoms with Crippen molar-refractivity contribution in [1.29, 1.82) is 0 Å². The molecule has 123 valence electrons. The first-order valence-electron chi connectivity index (χ1n) is 6.46. The molecule has 2 aromatic heterocycles. The van der Waals surface area contributed by atoms with Crippen molar-refractivity contribution in [2.24, 2.45) is 0 Å². The van der Waals surface area contributed by atoms with Crippen LogP contribution in [0.3, 0.4) is 0 Å². The van der Waals surface area contributed by atoms with E-state index in [0.717, 1.165) is 28.2 Å². The van der Waals surface area contributed by atoms with Gasteiger partial charge in [0.05, 0.1) is 0 Å². The van der Waals surface area contributed by atoms with E-state index >= 15 is 0 Å². The molecule has 3 nitrogen and oxygen atoms in total. The second-order valence-electron chi connectivity index (χ2n) is 4.29. The van der Waals surface area contributed by atoms with Gasteiger partial charge in [0.2, 0.25) is 0 Å². The molecule has 2 aromatic rings. The first-order chi connectivity index (χ1) is 9.96. The number of nitrogens with zero attached hydrogens (tertiary/aromatic N) is 2. The number of aryl methyl sites for hydroxylation is 4. The SMILES string of the molecule is CCc1cccc(C)n1.Cc1cccc(C)[n+]1[O-].[CH3-].[I][V][I]. The van der Waals surface area contributed by atoms with Gasteiger partial charge in [0.25, 0.3) is 0 Å². The second-order valence-corrected chi connectivity index (χ2v) is 16.1. The van der Waals surface area contributed by atoms with Crippen LogP contribution in [0.15, 0.2) is 36.4 Å². The van der Waals surface area contributed by atoms with Crippen LogP contribution in [0, 0.1) is 33.4 Å². The maximum atomic E-state index is 10.9. The predicted octanol–water partition coefficient (Wildman–Crippen LogP) is 5.11. The number of halogens is 2. The first kappa shape index (κ1) is 24.4. The molecule has 6 heteroatoms. The van der Waals surface area contributed by atoms with Crippen molar-refractivity contribution >= 4 is 40.0 Å². The Labute approximate surface area is 163 Å². The van der Waals surface area contributed by atoms with Gasteiger partial charge in [-0.1, -0.05) is 13.0 Å². The molecule has 0 unspecified atom stereocenters. The second kappa shape index (κ2) is 14.7. The Bertz CT molecular complexity index is 519. The summed E-state index contributed by atoms with van der Waals surface area (Å²) in [5.41, 5.74) is 3.77. The van der Waals surface area contributed by atoms with E-state index in [1.807, 2.05) is 31.2 Å². The van der Waals surface area contributed by atoms with Crippen LogP contribution in [-0.2, 0) is 15.9 Å². The van der Waals surface area contributed by atoms with Crippen molar-refractivity contribution < 1.29 is 14.2 Å². The fourth-order valence-corrected chi connectivity index (χ4v) is 1.54. The monoisotopic (exact) mass is 564 g/mol. The predicted molar refractivity (Wildman–Crippen MR) is 108 cm³/mol. The van der Waals surface area contributed by atoms with Gasteiger partial charge in [-0.2, -0.15) is 4.73 Å². The molecule has 2 rings (SSSR count). The van der Waals surface area contributed by atoms with Crippen LogP contribution in [0.4, 0.5) is 0 Å². The summed E-state index contributed by atoms with van der Waals surface area (Å²) in [5, 5.41) is 10.9. The minimum absolute atomic E-state index is 0. The van der Waals surface area contributed by atoms with Crippen molar-refractivity contribution in [2.75, 3.05) is 0 Å². The Morgan fingerprint density at radius 1 is 1.05 bits per heavy atom. The van der Waals surface area contributed by atoms with Gasteiger partial charge in [0.15, 0.2) is 11.4 Å². The number of aromatic nitrogens is 2. The first-order valence-corrected chi connectivity index (χ1v) is 15.5. The minimum atomic E-state index is 0. The average Bonchev–Trinajstić information content (AvgIpc) is 2.46. The summed E-state index contributed by atoms with van der Waals surface area (Å²) >= 11 is 4.74. The van der Waals surface area contributed by atoms with Gasteiger partial charge in [-0.15, -0.1) is 0 Å².